The van der Waals surface area contributed by atoms with E-state index in [1.54, 1.807) is 0 Å². The zero-order chi connectivity index (χ0) is 15.9. The van der Waals surface area contributed by atoms with Gasteiger partial charge < -0.3 is 10.6 Å². The number of nitrogens with one attached hydrogen (secondary N) is 2. The van der Waals surface area contributed by atoms with Crippen molar-refractivity contribution in [3.8, 4) is 0 Å². The van der Waals surface area contributed by atoms with Gasteiger partial charge in [-0.25, -0.2) is 0 Å². The fraction of sp³-hybridized carbons (Fsp3) is 0.278. The van der Waals surface area contributed by atoms with Crippen LogP contribution in [0.25, 0.3) is 0 Å². The van der Waals surface area contributed by atoms with Crippen LogP contribution in [-0.4, -0.2) is 12.5 Å². The summed E-state index contributed by atoms with van der Waals surface area (Å²) in [6.07, 6.45) is 0.429. The Labute approximate surface area is 136 Å². The summed E-state index contributed by atoms with van der Waals surface area (Å²) in [4.78, 5) is 12.0. The lowest BCUT2D eigenvalue weighted by molar-refractivity contribution is -0.116. The number of anilines is 1. The summed E-state index contributed by atoms with van der Waals surface area (Å²) in [6.45, 7) is 5.27. The minimum atomic E-state index is 0.0176. The predicted molar refractivity (Wildman–Crippen MR) is 92.3 cm³/mol. The van der Waals surface area contributed by atoms with E-state index in [1.807, 2.05) is 56.3 Å². The van der Waals surface area contributed by atoms with Gasteiger partial charge >= 0.3 is 0 Å². The van der Waals surface area contributed by atoms with Gasteiger partial charge in [0.1, 0.15) is 0 Å². The van der Waals surface area contributed by atoms with Crippen LogP contribution in [0.3, 0.4) is 0 Å². The molecule has 0 aliphatic rings. The van der Waals surface area contributed by atoms with Crippen molar-refractivity contribution in [2.24, 2.45) is 0 Å². The van der Waals surface area contributed by atoms with Crippen LogP contribution in [0.5, 0.6) is 0 Å². The van der Waals surface area contributed by atoms with Gasteiger partial charge in [-0.05, 0) is 36.6 Å². The predicted octanol–water partition coefficient (Wildman–Crippen LogP) is 4.08. The van der Waals surface area contributed by atoms with Crippen LogP contribution in [0.15, 0.2) is 42.5 Å². The molecule has 22 heavy (non-hydrogen) atoms. The molecule has 0 bridgehead atoms. The van der Waals surface area contributed by atoms with Crippen molar-refractivity contribution in [1.29, 1.82) is 0 Å². The van der Waals surface area contributed by atoms with Gasteiger partial charge in [-0.2, -0.15) is 0 Å². The summed E-state index contributed by atoms with van der Waals surface area (Å²) in [5.41, 5.74) is 4.12. The number of rotatable bonds is 6. The number of carbonyl (C=O) groups excluding carboxylic acids is 1. The van der Waals surface area contributed by atoms with Crippen molar-refractivity contribution in [2.45, 2.75) is 26.8 Å². The van der Waals surface area contributed by atoms with Crippen LogP contribution < -0.4 is 10.6 Å². The monoisotopic (exact) mass is 316 g/mol. The molecule has 0 aliphatic heterocycles. The first-order valence-electron chi connectivity index (χ1n) is 7.38. The van der Waals surface area contributed by atoms with Gasteiger partial charge in [0.25, 0.3) is 0 Å². The number of carbonyl (C=O) groups is 1. The third-order valence-electron chi connectivity index (χ3n) is 3.55. The van der Waals surface area contributed by atoms with Crippen molar-refractivity contribution >= 4 is 23.2 Å². The highest BCUT2D eigenvalue weighted by molar-refractivity contribution is 6.31. The van der Waals surface area contributed by atoms with Crippen LogP contribution in [0.1, 0.15) is 23.1 Å². The minimum absolute atomic E-state index is 0.0176. The Morgan fingerprint density at radius 3 is 2.41 bits per heavy atom. The zero-order valence-electron chi connectivity index (χ0n) is 12.9. The minimum Gasteiger partial charge on any atom is -0.326 e. The van der Waals surface area contributed by atoms with Crippen LogP contribution in [0.4, 0.5) is 5.69 Å². The summed E-state index contributed by atoms with van der Waals surface area (Å²) in [7, 11) is 0. The lowest BCUT2D eigenvalue weighted by atomic mass is 10.1. The Morgan fingerprint density at radius 2 is 1.73 bits per heavy atom. The quantitative estimate of drug-likeness (QED) is 0.789. The van der Waals surface area contributed by atoms with Crippen LogP contribution in [0.2, 0.25) is 5.02 Å². The first kappa shape index (κ1) is 16.5. The largest absolute Gasteiger partial charge is 0.326 e. The van der Waals surface area contributed by atoms with E-state index in [4.69, 9.17) is 11.6 Å². The Bertz CT molecular complexity index is 635. The van der Waals surface area contributed by atoms with E-state index in [9.17, 15) is 4.79 Å². The summed E-state index contributed by atoms with van der Waals surface area (Å²) in [5.74, 6) is 0.0176. The van der Waals surface area contributed by atoms with Crippen molar-refractivity contribution < 1.29 is 4.79 Å². The maximum Gasteiger partial charge on any atom is 0.225 e. The summed E-state index contributed by atoms with van der Waals surface area (Å²) in [5, 5.41) is 6.97. The number of benzene rings is 2. The first-order valence-corrected chi connectivity index (χ1v) is 7.76. The van der Waals surface area contributed by atoms with Gasteiger partial charge in [-0.1, -0.05) is 48.0 Å². The lowest BCUT2D eigenvalue weighted by Crippen LogP contribution is -2.22. The maximum atomic E-state index is 12.0. The molecule has 0 fully saturated rings. The molecule has 116 valence electrons. The van der Waals surface area contributed by atoms with E-state index in [-0.39, 0.29) is 5.91 Å². The van der Waals surface area contributed by atoms with Crippen LogP contribution in [0, 0.1) is 13.8 Å². The van der Waals surface area contributed by atoms with Crippen LogP contribution in [-0.2, 0) is 11.3 Å². The smallest absolute Gasteiger partial charge is 0.225 e. The molecule has 0 aromatic heterocycles. The Morgan fingerprint density at radius 1 is 1.05 bits per heavy atom. The Kier molecular flexibility index (Phi) is 5.99. The molecule has 0 aliphatic carbocycles. The van der Waals surface area contributed by atoms with E-state index in [0.717, 1.165) is 27.4 Å². The van der Waals surface area contributed by atoms with Gasteiger partial charge in [0, 0.05) is 30.2 Å². The van der Waals surface area contributed by atoms with Crippen molar-refractivity contribution in [2.75, 3.05) is 11.9 Å². The molecule has 2 aromatic carbocycles. The third-order valence-corrected chi connectivity index (χ3v) is 3.92. The topological polar surface area (TPSA) is 41.1 Å². The van der Waals surface area contributed by atoms with E-state index >= 15 is 0 Å². The highest BCUT2D eigenvalue weighted by Gasteiger charge is 2.07. The molecule has 2 rings (SSSR count). The molecule has 0 heterocycles. The van der Waals surface area contributed by atoms with Gasteiger partial charge in [0.15, 0.2) is 0 Å². The van der Waals surface area contributed by atoms with Gasteiger partial charge in [-0.3, -0.25) is 4.79 Å². The third kappa shape index (κ3) is 4.58. The van der Waals surface area contributed by atoms with Crippen LogP contribution >= 0.6 is 11.6 Å². The summed E-state index contributed by atoms with van der Waals surface area (Å²) >= 11 is 6.09. The highest BCUT2D eigenvalue weighted by Crippen LogP contribution is 2.19. The molecule has 0 unspecified atom stereocenters. The SMILES string of the molecule is Cc1cccc(C)c1NC(=O)CCNCc1ccccc1Cl. The highest BCUT2D eigenvalue weighted by atomic mass is 35.5. The lowest BCUT2D eigenvalue weighted by Gasteiger charge is -2.12. The normalized spacial score (nSPS) is 10.5. The average Bonchev–Trinajstić information content (AvgIpc) is 2.49. The van der Waals surface area contributed by atoms with E-state index < -0.39 is 0 Å². The van der Waals surface area contributed by atoms with E-state index in [1.165, 1.54) is 0 Å². The number of hydrogen-bond donors (Lipinski definition) is 2. The number of amides is 1. The molecule has 0 saturated heterocycles. The van der Waals surface area contributed by atoms with Gasteiger partial charge in [0.2, 0.25) is 5.91 Å². The molecule has 0 atom stereocenters. The first-order chi connectivity index (χ1) is 10.6. The molecular weight excluding hydrogens is 296 g/mol. The number of aryl methyl sites for hydroxylation is 2. The molecule has 0 radical (unpaired) electrons. The van der Waals surface area contributed by atoms with E-state index in [2.05, 4.69) is 10.6 Å². The Hall–Kier alpha value is -1.84. The van der Waals surface area contributed by atoms with Crippen molar-refractivity contribution in [3.05, 3.63) is 64.2 Å². The molecule has 4 heteroatoms. The summed E-state index contributed by atoms with van der Waals surface area (Å²) < 4.78 is 0. The average molecular weight is 317 g/mol. The van der Waals surface area contributed by atoms with Crippen molar-refractivity contribution in [3.63, 3.8) is 0 Å². The molecule has 1 amide bonds. The molecule has 2 N–H and O–H groups in total. The summed E-state index contributed by atoms with van der Waals surface area (Å²) in [6, 6.07) is 13.7. The van der Waals surface area contributed by atoms with Gasteiger partial charge in [0.05, 0.1) is 0 Å². The zero-order valence-corrected chi connectivity index (χ0v) is 13.7. The second-order valence-electron chi connectivity index (χ2n) is 5.33. The number of halogens is 1. The molecule has 3 nitrogen and oxygen atoms in total. The van der Waals surface area contributed by atoms with Crippen molar-refractivity contribution in [1.82, 2.24) is 5.32 Å². The standard InChI is InChI=1S/C18H21ClN2O/c1-13-6-5-7-14(2)18(13)21-17(22)10-11-20-12-15-8-3-4-9-16(15)19/h3-9,20H,10-12H2,1-2H3,(H,21,22). The second kappa shape index (κ2) is 7.97. The second-order valence-corrected chi connectivity index (χ2v) is 5.74. The van der Waals surface area contributed by atoms with Gasteiger partial charge in [-0.15, -0.1) is 0 Å². The Balaban J connectivity index is 1.78. The molecular formula is C18H21ClN2O. The maximum absolute atomic E-state index is 12.0. The molecule has 2 aromatic rings. The fourth-order valence-corrected chi connectivity index (χ4v) is 2.48. The number of para-hydroxylation sites is 1. The fourth-order valence-electron chi connectivity index (χ4n) is 2.28. The molecule has 0 saturated carbocycles. The number of hydrogen-bond acceptors (Lipinski definition) is 2. The van der Waals surface area contributed by atoms with E-state index in [0.29, 0.717) is 19.5 Å². The molecule has 0 spiro atoms.